The molecule has 2 N–H and O–H groups in total. The van der Waals surface area contributed by atoms with Gasteiger partial charge in [0.2, 0.25) is 0 Å². The second-order valence-corrected chi connectivity index (χ2v) is 6.19. The molecule has 0 radical (unpaired) electrons. The smallest absolute Gasteiger partial charge is 0.269 e. The molecule has 0 spiro atoms. The fourth-order valence-corrected chi connectivity index (χ4v) is 3.21. The standard InChI is InChI=1S/C18H18ClN3O2/c1-10-12(7-11-3-4-15(22-9-11)18(24)20-2)8-14-13(16(10)19)5-6-21-17(14)23/h3-4,8-9H,5-7H2,1-2H3,(H,20,24)(H,21,23). The van der Waals surface area contributed by atoms with Crippen LogP contribution in [0.4, 0.5) is 0 Å². The summed E-state index contributed by atoms with van der Waals surface area (Å²) in [6.45, 7) is 2.59. The maximum absolute atomic E-state index is 12.1. The van der Waals surface area contributed by atoms with Gasteiger partial charge in [-0.1, -0.05) is 17.7 Å². The summed E-state index contributed by atoms with van der Waals surface area (Å²) < 4.78 is 0. The minimum atomic E-state index is -0.216. The third-order valence-corrected chi connectivity index (χ3v) is 4.82. The molecule has 24 heavy (non-hydrogen) atoms. The van der Waals surface area contributed by atoms with E-state index >= 15 is 0 Å². The van der Waals surface area contributed by atoms with E-state index in [1.54, 1.807) is 19.3 Å². The summed E-state index contributed by atoms with van der Waals surface area (Å²) in [5.41, 5.74) is 4.89. The number of rotatable bonds is 3. The number of nitrogens with zero attached hydrogens (tertiary/aromatic N) is 1. The third-order valence-electron chi connectivity index (χ3n) is 4.30. The van der Waals surface area contributed by atoms with Gasteiger partial charge in [-0.05, 0) is 54.2 Å². The van der Waals surface area contributed by atoms with Gasteiger partial charge in [-0.15, -0.1) is 0 Å². The first-order chi connectivity index (χ1) is 11.5. The van der Waals surface area contributed by atoms with Crippen molar-refractivity contribution in [3.63, 3.8) is 0 Å². The molecule has 124 valence electrons. The Balaban J connectivity index is 1.93. The second-order valence-electron chi connectivity index (χ2n) is 5.81. The molecule has 0 unspecified atom stereocenters. The van der Waals surface area contributed by atoms with E-state index in [9.17, 15) is 9.59 Å². The quantitative estimate of drug-likeness (QED) is 0.898. The van der Waals surface area contributed by atoms with Crippen molar-refractivity contribution in [2.24, 2.45) is 0 Å². The van der Waals surface area contributed by atoms with Gasteiger partial charge in [-0.25, -0.2) is 0 Å². The summed E-state index contributed by atoms with van der Waals surface area (Å²) in [6.07, 6.45) is 3.04. The Labute approximate surface area is 145 Å². The van der Waals surface area contributed by atoms with E-state index in [-0.39, 0.29) is 11.8 Å². The number of carbonyl (C=O) groups is 2. The van der Waals surface area contributed by atoms with Crippen LogP contribution in [-0.2, 0) is 12.8 Å². The van der Waals surface area contributed by atoms with Gasteiger partial charge in [0.05, 0.1) is 0 Å². The highest BCUT2D eigenvalue weighted by molar-refractivity contribution is 6.32. The zero-order valence-corrected chi connectivity index (χ0v) is 14.3. The summed E-state index contributed by atoms with van der Waals surface area (Å²) in [6, 6.07) is 5.47. The van der Waals surface area contributed by atoms with Crippen LogP contribution in [0.5, 0.6) is 0 Å². The lowest BCUT2D eigenvalue weighted by molar-refractivity contribution is 0.0942. The number of benzene rings is 1. The maximum atomic E-state index is 12.1. The molecule has 2 aromatic rings. The van der Waals surface area contributed by atoms with Gasteiger partial charge in [-0.3, -0.25) is 14.6 Å². The average molecular weight is 344 g/mol. The van der Waals surface area contributed by atoms with Gasteiger partial charge in [0.1, 0.15) is 5.69 Å². The van der Waals surface area contributed by atoms with Crippen molar-refractivity contribution in [2.75, 3.05) is 13.6 Å². The van der Waals surface area contributed by atoms with E-state index in [2.05, 4.69) is 15.6 Å². The Bertz CT molecular complexity index is 816. The van der Waals surface area contributed by atoms with Crippen LogP contribution in [0.2, 0.25) is 5.02 Å². The summed E-state index contributed by atoms with van der Waals surface area (Å²) in [4.78, 5) is 27.8. The van der Waals surface area contributed by atoms with Gasteiger partial charge < -0.3 is 10.6 Å². The molecule has 1 aromatic heterocycles. The summed E-state index contributed by atoms with van der Waals surface area (Å²) >= 11 is 6.48. The number of hydrogen-bond donors (Lipinski definition) is 2. The zero-order valence-electron chi connectivity index (χ0n) is 13.6. The van der Waals surface area contributed by atoms with Crippen LogP contribution >= 0.6 is 11.6 Å². The highest BCUT2D eigenvalue weighted by atomic mass is 35.5. The van der Waals surface area contributed by atoms with Gasteiger partial charge in [0.25, 0.3) is 11.8 Å². The Kier molecular flexibility index (Phi) is 4.53. The van der Waals surface area contributed by atoms with Crippen LogP contribution in [0, 0.1) is 6.92 Å². The average Bonchev–Trinajstić information content (AvgIpc) is 2.60. The van der Waals surface area contributed by atoms with Crippen molar-refractivity contribution >= 4 is 23.4 Å². The normalized spacial score (nSPS) is 13.2. The molecular weight excluding hydrogens is 326 g/mol. The molecule has 3 rings (SSSR count). The molecule has 0 aliphatic carbocycles. The molecule has 0 atom stereocenters. The molecule has 1 aliphatic heterocycles. The van der Waals surface area contributed by atoms with Crippen LogP contribution in [0.1, 0.15) is 43.1 Å². The molecule has 0 saturated carbocycles. The van der Waals surface area contributed by atoms with Crippen LogP contribution in [0.3, 0.4) is 0 Å². The predicted octanol–water partition coefficient (Wildman–Crippen LogP) is 2.28. The first-order valence-corrected chi connectivity index (χ1v) is 8.15. The van der Waals surface area contributed by atoms with Crippen molar-refractivity contribution in [3.05, 3.63) is 62.9 Å². The molecule has 1 aromatic carbocycles. The Morgan fingerprint density at radius 1 is 1.42 bits per heavy atom. The van der Waals surface area contributed by atoms with E-state index < -0.39 is 0 Å². The number of nitrogens with one attached hydrogen (secondary N) is 2. The molecule has 1 aliphatic rings. The molecule has 5 nitrogen and oxygen atoms in total. The van der Waals surface area contributed by atoms with E-state index in [0.29, 0.717) is 29.2 Å². The Morgan fingerprint density at radius 2 is 2.21 bits per heavy atom. The van der Waals surface area contributed by atoms with Gasteiger partial charge in [0.15, 0.2) is 0 Å². The topological polar surface area (TPSA) is 71.1 Å². The van der Waals surface area contributed by atoms with Crippen molar-refractivity contribution in [1.29, 1.82) is 0 Å². The van der Waals surface area contributed by atoms with Crippen LogP contribution in [-0.4, -0.2) is 30.4 Å². The molecular formula is C18H18ClN3O2. The molecule has 2 heterocycles. The number of halogens is 1. The van der Waals surface area contributed by atoms with Crippen molar-refractivity contribution in [1.82, 2.24) is 15.6 Å². The Hall–Kier alpha value is -2.40. The number of fused-ring (bicyclic) bond motifs is 1. The highest BCUT2D eigenvalue weighted by Gasteiger charge is 2.22. The largest absolute Gasteiger partial charge is 0.354 e. The summed E-state index contributed by atoms with van der Waals surface area (Å²) in [7, 11) is 1.57. The van der Waals surface area contributed by atoms with E-state index in [1.165, 1.54) is 0 Å². The molecule has 2 amide bonds. The van der Waals surface area contributed by atoms with Crippen LogP contribution < -0.4 is 10.6 Å². The zero-order chi connectivity index (χ0) is 17.3. The predicted molar refractivity (Wildman–Crippen MR) is 92.7 cm³/mol. The van der Waals surface area contributed by atoms with E-state index in [0.717, 1.165) is 28.7 Å². The lowest BCUT2D eigenvalue weighted by atomic mass is 9.91. The van der Waals surface area contributed by atoms with Crippen molar-refractivity contribution in [2.45, 2.75) is 19.8 Å². The number of pyridine rings is 1. The molecule has 0 fully saturated rings. The number of hydrogen-bond acceptors (Lipinski definition) is 3. The number of carbonyl (C=O) groups excluding carboxylic acids is 2. The molecule has 0 bridgehead atoms. The summed E-state index contributed by atoms with van der Waals surface area (Å²) in [5.74, 6) is -0.293. The summed E-state index contributed by atoms with van der Waals surface area (Å²) in [5, 5.41) is 6.06. The Morgan fingerprint density at radius 3 is 2.88 bits per heavy atom. The lowest BCUT2D eigenvalue weighted by Gasteiger charge is -2.21. The number of amides is 2. The molecule has 0 saturated heterocycles. The third kappa shape index (κ3) is 2.99. The SMILES string of the molecule is CNC(=O)c1ccc(Cc2cc3c(c(Cl)c2C)CCNC3=O)cn1. The first-order valence-electron chi connectivity index (χ1n) is 7.77. The monoisotopic (exact) mass is 343 g/mol. The maximum Gasteiger partial charge on any atom is 0.269 e. The second kappa shape index (κ2) is 6.61. The van der Waals surface area contributed by atoms with Crippen molar-refractivity contribution in [3.8, 4) is 0 Å². The minimum Gasteiger partial charge on any atom is -0.354 e. The minimum absolute atomic E-state index is 0.0764. The molecule has 6 heteroatoms. The van der Waals surface area contributed by atoms with Crippen LogP contribution in [0.25, 0.3) is 0 Å². The van der Waals surface area contributed by atoms with Gasteiger partial charge in [-0.2, -0.15) is 0 Å². The van der Waals surface area contributed by atoms with Gasteiger partial charge >= 0.3 is 0 Å². The first kappa shape index (κ1) is 16.5. The van der Waals surface area contributed by atoms with Crippen molar-refractivity contribution < 1.29 is 9.59 Å². The van der Waals surface area contributed by atoms with E-state index in [4.69, 9.17) is 11.6 Å². The van der Waals surface area contributed by atoms with E-state index in [1.807, 2.05) is 19.1 Å². The highest BCUT2D eigenvalue weighted by Crippen LogP contribution is 2.30. The lowest BCUT2D eigenvalue weighted by Crippen LogP contribution is -2.32. The fourth-order valence-electron chi connectivity index (χ4n) is 2.89. The number of aromatic nitrogens is 1. The van der Waals surface area contributed by atoms with Crippen LogP contribution in [0.15, 0.2) is 24.4 Å². The fraction of sp³-hybridized carbons (Fsp3) is 0.278. The van der Waals surface area contributed by atoms with Gasteiger partial charge in [0, 0.05) is 30.4 Å².